The van der Waals surface area contributed by atoms with Crippen molar-refractivity contribution in [2.45, 2.75) is 17.9 Å². The van der Waals surface area contributed by atoms with Crippen LogP contribution in [0.15, 0.2) is 59.6 Å². The molecule has 0 fully saturated rings. The van der Waals surface area contributed by atoms with Gasteiger partial charge in [-0.1, -0.05) is 18.2 Å². The van der Waals surface area contributed by atoms with E-state index in [0.717, 1.165) is 5.39 Å². The van der Waals surface area contributed by atoms with Crippen molar-refractivity contribution in [2.24, 2.45) is 0 Å². The number of rotatable bonds is 4. The van der Waals surface area contributed by atoms with Crippen LogP contribution < -0.4 is 4.74 Å². The number of methoxy groups -OCH3 is 1. The van der Waals surface area contributed by atoms with E-state index in [-0.39, 0.29) is 4.90 Å². The maximum absolute atomic E-state index is 12.9. The first kappa shape index (κ1) is 15.6. The van der Waals surface area contributed by atoms with Gasteiger partial charge in [-0.2, -0.15) is 0 Å². The van der Waals surface area contributed by atoms with Gasteiger partial charge in [0.05, 0.1) is 23.6 Å². The smallest absolute Gasteiger partial charge is 0.268 e. The zero-order chi connectivity index (χ0) is 16.6. The highest BCUT2D eigenvalue weighted by Crippen LogP contribution is 2.29. The number of aliphatic hydroxyl groups is 1. The molecule has 1 heterocycles. The molecule has 120 valence electrons. The van der Waals surface area contributed by atoms with Crippen molar-refractivity contribution in [3.05, 3.63) is 60.3 Å². The number of para-hydroxylation sites is 1. The molecule has 2 aromatic carbocycles. The lowest BCUT2D eigenvalue weighted by Gasteiger charge is -2.08. The fraction of sp³-hybridized carbons (Fsp3) is 0.176. The molecule has 1 atom stereocenters. The Hall–Kier alpha value is -2.31. The maximum atomic E-state index is 12.9. The molecule has 0 bridgehead atoms. The molecule has 0 saturated carbocycles. The third-order valence-corrected chi connectivity index (χ3v) is 5.46. The van der Waals surface area contributed by atoms with Gasteiger partial charge in [0.25, 0.3) is 10.0 Å². The first-order valence-electron chi connectivity index (χ1n) is 7.13. The van der Waals surface area contributed by atoms with Crippen molar-refractivity contribution in [1.82, 2.24) is 3.97 Å². The highest BCUT2D eigenvalue weighted by Gasteiger charge is 2.22. The van der Waals surface area contributed by atoms with Gasteiger partial charge >= 0.3 is 0 Å². The fourth-order valence-electron chi connectivity index (χ4n) is 2.57. The van der Waals surface area contributed by atoms with Crippen molar-refractivity contribution >= 4 is 20.9 Å². The van der Waals surface area contributed by atoms with E-state index in [9.17, 15) is 13.5 Å². The molecular formula is C17H17NO4S. The third kappa shape index (κ3) is 2.60. The predicted molar refractivity (Wildman–Crippen MR) is 88.1 cm³/mol. The number of hydrogen-bond donors (Lipinski definition) is 1. The molecule has 1 N–H and O–H groups in total. The van der Waals surface area contributed by atoms with Crippen LogP contribution >= 0.6 is 0 Å². The second-order valence-electron chi connectivity index (χ2n) is 5.25. The molecule has 5 nitrogen and oxygen atoms in total. The van der Waals surface area contributed by atoms with Crippen LogP contribution in [-0.2, 0) is 10.0 Å². The molecule has 0 aliphatic heterocycles. The first-order chi connectivity index (χ1) is 10.9. The summed E-state index contributed by atoms with van der Waals surface area (Å²) in [5.41, 5.74) is 1.12. The lowest BCUT2D eigenvalue weighted by atomic mass is 10.1. The predicted octanol–water partition coefficient (Wildman–Crippen LogP) is 2.94. The van der Waals surface area contributed by atoms with Gasteiger partial charge < -0.3 is 9.84 Å². The van der Waals surface area contributed by atoms with Crippen molar-refractivity contribution in [3.8, 4) is 5.75 Å². The minimum Gasteiger partial charge on any atom is -0.497 e. The molecule has 1 aromatic heterocycles. The monoisotopic (exact) mass is 331 g/mol. The lowest BCUT2D eigenvalue weighted by Crippen LogP contribution is -2.11. The Morgan fingerprint density at radius 2 is 1.74 bits per heavy atom. The standard InChI is InChI=1S/C17H17NO4S/c1-12(19)16-11-18(17-6-4-3-5-15(16)17)23(20,21)14-9-7-13(22-2)8-10-14/h3-12,19H,1-2H3/t12-/m0/s1. The average Bonchev–Trinajstić information content (AvgIpc) is 2.95. The summed E-state index contributed by atoms with van der Waals surface area (Å²) >= 11 is 0. The fourth-order valence-corrected chi connectivity index (χ4v) is 3.95. The molecule has 3 rings (SSSR count). The van der Waals surface area contributed by atoms with Gasteiger partial charge in [0.2, 0.25) is 0 Å². The normalized spacial score (nSPS) is 13.2. The Bertz CT molecular complexity index is 940. The van der Waals surface area contributed by atoms with Gasteiger partial charge in [-0.25, -0.2) is 12.4 Å². The molecule has 6 heteroatoms. The van der Waals surface area contributed by atoms with Crippen LogP contribution in [0.5, 0.6) is 5.75 Å². The number of aliphatic hydroxyl groups excluding tert-OH is 1. The van der Waals surface area contributed by atoms with Crippen LogP contribution in [-0.4, -0.2) is 24.6 Å². The van der Waals surface area contributed by atoms with Crippen molar-refractivity contribution in [1.29, 1.82) is 0 Å². The topological polar surface area (TPSA) is 68.5 Å². The maximum Gasteiger partial charge on any atom is 0.268 e. The third-order valence-electron chi connectivity index (χ3n) is 3.78. The summed E-state index contributed by atoms with van der Waals surface area (Å²) in [6, 6.07) is 13.3. The molecule has 0 amide bonds. The van der Waals surface area contributed by atoms with Gasteiger partial charge in [-0.05, 0) is 37.3 Å². The van der Waals surface area contributed by atoms with E-state index in [1.165, 1.54) is 29.4 Å². The highest BCUT2D eigenvalue weighted by molar-refractivity contribution is 7.90. The average molecular weight is 331 g/mol. The highest BCUT2D eigenvalue weighted by atomic mass is 32.2. The van der Waals surface area contributed by atoms with Gasteiger partial charge in [-0.3, -0.25) is 0 Å². The Balaban J connectivity index is 2.22. The van der Waals surface area contributed by atoms with E-state index in [0.29, 0.717) is 16.8 Å². The van der Waals surface area contributed by atoms with Crippen LogP contribution in [0, 0.1) is 0 Å². The van der Waals surface area contributed by atoms with E-state index in [4.69, 9.17) is 4.74 Å². The van der Waals surface area contributed by atoms with Crippen molar-refractivity contribution in [3.63, 3.8) is 0 Å². The Morgan fingerprint density at radius 3 is 2.35 bits per heavy atom. The summed E-state index contributed by atoms with van der Waals surface area (Å²) in [5.74, 6) is 0.589. The Morgan fingerprint density at radius 1 is 1.09 bits per heavy atom. The largest absolute Gasteiger partial charge is 0.497 e. The van der Waals surface area contributed by atoms with Gasteiger partial charge in [0.1, 0.15) is 5.75 Å². The van der Waals surface area contributed by atoms with Crippen LogP contribution in [0.1, 0.15) is 18.6 Å². The lowest BCUT2D eigenvalue weighted by molar-refractivity contribution is 0.201. The number of nitrogens with zero attached hydrogens (tertiary/aromatic N) is 1. The Kier molecular flexibility index (Phi) is 3.87. The summed E-state index contributed by atoms with van der Waals surface area (Å²) in [5, 5.41) is 10.6. The molecule has 0 aliphatic carbocycles. The number of benzene rings is 2. The van der Waals surface area contributed by atoms with Crippen LogP contribution in [0.25, 0.3) is 10.9 Å². The molecule has 23 heavy (non-hydrogen) atoms. The summed E-state index contributed by atoms with van der Waals surface area (Å²) in [6.45, 7) is 1.62. The molecule has 0 saturated heterocycles. The second-order valence-corrected chi connectivity index (χ2v) is 7.07. The van der Waals surface area contributed by atoms with Gasteiger partial charge in [0, 0.05) is 17.1 Å². The van der Waals surface area contributed by atoms with E-state index < -0.39 is 16.1 Å². The summed E-state index contributed by atoms with van der Waals surface area (Å²) < 4.78 is 32.1. The minimum atomic E-state index is -3.75. The molecule has 0 spiro atoms. The minimum absolute atomic E-state index is 0.163. The summed E-state index contributed by atoms with van der Waals surface area (Å²) in [6.07, 6.45) is 0.724. The second kappa shape index (κ2) is 5.72. The van der Waals surface area contributed by atoms with Crippen LogP contribution in [0.2, 0.25) is 0 Å². The zero-order valence-electron chi connectivity index (χ0n) is 12.8. The zero-order valence-corrected chi connectivity index (χ0v) is 13.6. The van der Waals surface area contributed by atoms with E-state index in [1.54, 1.807) is 37.3 Å². The van der Waals surface area contributed by atoms with E-state index in [1.807, 2.05) is 6.07 Å². The van der Waals surface area contributed by atoms with Gasteiger partial charge in [0.15, 0.2) is 0 Å². The molecule has 3 aromatic rings. The van der Waals surface area contributed by atoms with E-state index >= 15 is 0 Å². The molecule has 0 aliphatic rings. The number of hydrogen-bond acceptors (Lipinski definition) is 4. The SMILES string of the molecule is COc1ccc(S(=O)(=O)n2cc([C@H](C)O)c3ccccc32)cc1. The number of ether oxygens (including phenoxy) is 1. The quantitative estimate of drug-likeness (QED) is 0.798. The molecule has 0 unspecified atom stereocenters. The first-order valence-corrected chi connectivity index (χ1v) is 8.57. The van der Waals surface area contributed by atoms with Gasteiger partial charge in [-0.15, -0.1) is 0 Å². The Labute approximate surface area is 134 Å². The number of fused-ring (bicyclic) bond motifs is 1. The van der Waals surface area contributed by atoms with Crippen LogP contribution in [0.3, 0.4) is 0 Å². The van der Waals surface area contributed by atoms with Crippen LogP contribution in [0.4, 0.5) is 0 Å². The molecular weight excluding hydrogens is 314 g/mol. The van der Waals surface area contributed by atoms with Crippen molar-refractivity contribution in [2.75, 3.05) is 7.11 Å². The molecule has 0 radical (unpaired) electrons. The van der Waals surface area contributed by atoms with E-state index in [2.05, 4.69) is 0 Å². The number of aromatic nitrogens is 1. The summed E-state index contributed by atoms with van der Waals surface area (Å²) in [7, 11) is -2.23. The van der Waals surface area contributed by atoms with Crippen molar-refractivity contribution < 1.29 is 18.3 Å². The summed E-state index contributed by atoms with van der Waals surface area (Å²) in [4.78, 5) is 0.163.